The second-order valence-electron chi connectivity index (χ2n) is 8.59. The van der Waals surface area contributed by atoms with Crippen LogP contribution < -0.4 is 14.9 Å². The first kappa shape index (κ1) is 26.3. The smallest absolute Gasteiger partial charge is 0.272 e. The molecular weight excluding hydrogens is 608 g/mol. The molecule has 4 aromatic carbocycles. The van der Waals surface area contributed by atoms with Gasteiger partial charge in [0.25, 0.3) is 5.91 Å². The van der Waals surface area contributed by atoms with Crippen LogP contribution in [0.3, 0.4) is 0 Å². The maximum atomic E-state index is 13.2. The van der Waals surface area contributed by atoms with Gasteiger partial charge in [-0.2, -0.15) is 5.10 Å². The zero-order valence-electron chi connectivity index (χ0n) is 20.9. The number of fused-ring (bicyclic) bond motifs is 1. The number of carbonyl (C=O) groups excluding carboxylic acids is 1. The molecule has 0 aliphatic rings. The van der Waals surface area contributed by atoms with E-state index in [1.54, 1.807) is 37.6 Å². The van der Waals surface area contributed by atoms with Crippen molar-refractivity contribution in [1.82, 2.24) is 10.4 Å². The molecule has 0 unspecified atom stereocenters. The van der Waals surface area contributed by atoms with Gasteiger partial charge in [0.05, 0.1) is 33.7 Å². The van der Waals surface area contributed by atoms with Gasteiger partial charge in [-0.1, -0.05) is 60.7 Å². The SMILES string of the molecule is COc1cc(/C=N/NC(=O)c2cc(-c3ccccc3)nc3ccccc23)cc(I)c1OCc1ccc(F)cc1. The zero-order chi connectivity index (χ0) is 27.2. The summed E-state index contributed by atoms with van der Waals surface area (Å²) in [5.41, 5.74) is 7.02. The molecule has 1 N–H and O–H groups in total. The lowest BCUT2D eigenvalue weighted by Gasteiger charge is -2.13. The van der Waals surface area contributed by atoms with Crippen molar-refractivity contribution in [2.45, 2.75) is 6.61 Å². The monoisotopic (exact) mass is 631 g/mol. The first-order valence-electron chi connectivity index (χ1n) is 12.0. The Morgan fingerprint density at radius 2 is 1.74 bits per heavy atom. The Kier molecular flexibility index (Phi) is 8.12. The number of halogens is 2. The lowest BCUT2D eigenvalue weighted by Crippen LogP contribution is -2.18. The third-order valence-electron chi connectivity index (χ3n) is 5.96. The van der Waals surface area contributed by atoms with Crippen LogP contribution >= 0.6 is 22.6 Å². The summed E-state index contributed by atoms with van der Waals surface area (Å²) in [5.74, 6) is 0.447. The van der Waals surface area contributed by atoms with E-state index in [2.05, 4.69) is 33.1 Å². The van der Waals surface area contributed by atoms with Crippen molar-refractivity contribution in [2.24, 2.45) is 5.10 Å². The van der Waals surface area contributed by atoms with Crippen molar-refractivity contribution in [3.63, 3.8) is 0 Å². The first-order valence-corrected chi connectivity index (χ1v) is 13.1. The van der Waals surface area contributed by atoms with Gasteiger partial charge in [-0.15, -0.1) is 0 Å². The van der Waals surface area contributed by atoms with Crippen LogP contribution in [0.25, 0.3) is 22.2 Å². The summed E-state index contributed by atoms with van der Waals surface area (Å²) in [7, 11) is 1.55. The Balaban J connectivity index is 1.34. The molecule has 0 atom stereocenters. The number of rotatable bonds is 8. The van der Waals surface area contributed by atoms with Gasteiger partial charge in [-0.25, -0.2) is 14.8 Å². The second kappa shape index (κ2) is 12.0. The Hall–Kier alpha value is -4.31. The van der Waals surface area contributed by atoms with Gasteiger partial charge < -0.3 is 9.47 Å². The number of hydrazone groups is 1. The molecule has 0 saturated heterocycles. The Morgan fingerprint density at radius 3 is 2.51 bits per heavy atom. The summed E-state index contributed by atoms with van der Waals surface area (Å²) >= 11 is 2.16. The molecule has 0 spiro atoms. The van der Waals surface area contributed by atoms with Crippen molar-refractivity contribution in [3.8, 4) is 22.8 Å². The van der Waals surface area contributed by atoms with Gasteiger partial charge in [-0.3, -0.25) is 4.79 Å². The van der Waals surface area contributed by atoms with Crippen molar-refractivity contribution in [2.75, 3.05) is 7.11 Å². The summed E-state index contributed by atoms with van der Waals surface area (Å²) < 4.78 is 25.5. The molecule has 0 radical (unpaired) electrons. The average molecular weight is 631 g/mol. The van der Waals surface area contributed by atoms with Crippen LogP contribution in [0.4, 0.5) is 4.39 Å². The van der Waals surface area contributed by atoms with Crippen molar-refractivity contribution < 1.29 is 18.7 Å². The van der Waals surface area contributed by atoms with Crippen LogP contribution in [-0.4, -0.2) is 24.2 Å². The van der Waals surface area contributed by atoms with Gasteiger partial charge in [0.2, 0.25) is 0 Å². The fraction of sp³-hybridized carbons (Fsp3) is 0.0645. The maximum absolute atomic E-state index is 13.2. The minimum absolute atomic E-state index is 0.265. The quantitative estimate of drug-likeness (QED) is 0.114. The predicted octanol–water partition coefficient (Wildman–Crippen LogP) is 7.00. The highest BCUT2D eigenvalue weighted by Gasteiger charge is 2.14. The fourth-order valence-electron chi connectivity index (χ4n) is 4.04. The first-order chi connectivity index (χ1) is 19.0. The van der Waals surface area contributed by atoms with Crippen LogP contribution in [0.2, 0.25) is 0 Å². The number of hydrogen-bond acceptors (Lipinski definition) is 5. The fourth-order valence-corrected chi connectivity index (χ4v) is 4.82. The molecular formula is C31H23FIN3O3. The van der Waals surface area contributed by atoms with E-state index in [0.717, 1.165) is 31.2 Å². The number of methoxy groups -OCH3 is 1. The van der Waals surface area contributed by atoms with Crippen molar-refractivity contribution in [1.29, 1.82) is 0 Å². The minimum Gasteiger partial charge on any atom is -0.493 e. The molecule has 1 heterocycles. The largest absolute Gasteiger partial charge is 0.493 e. The number of nitrogens with zero attached hydrogens (tertiary/aromatic N) is 2. The molecule has 0 aliphatic carbocycles. The summed E-state index contributed by atoms with van der Waals surface area (Å²) in [6.07, 6.45) is 1.55. The second-order valence-corrected chi connectivity index (χ2v) is 9.75. The summed E-state index contributed by atoms with van der Waals surface area (Å²) in [4.78, 5) is 17.9. The molecule has 0 saturated carbocycles. The van der Waals surface area contributed by atoms with E-state index >= 15 is 0 Å². The number of hydrogen-bond donors (Lipinski definition) is 1. The van der Waals surface area contributed by atoms with E-state index in [0.29, 0.717) is 22.8 Å². The number of amides is 1. The normalized spacial score (nSPS) is 11.1. The number of ether oxygens (including phenoxy) is 2. The minimum atomic E-state index is -0.344. The van der Waals surface area contributed by atoms with Crippen LogP contribution in [0.1, 0.15) is 21.5 Å². The molecule has 1 aromatic heterocycles. The summed E-state index contributed by atoms with van der Waals surface area (Å²) in [5, 5.41) is 4.93. The molecule has 194 valence electrons. The standard InChI is InChI=1S/C31H23FIN3O3/c1-38-29-16-21(15-26(33)30(29)39-19-20-11-13-23(32)14-12-20)18-34-36-31(37)25-17-28(22-7-3-2-4-8-22)35-27-10-6-5-9-24(25)27/h2-18H,19H2,1H3,(H,36,37)/b34-18+. The predicted molar refractivity (Wildman–Crippen MR) is 159 cm³/mol. The summed E-state index contributed by atoms with van der Waals surface area (Å²) in [6, 6.07) is 28.8. The van der Waals surface area contributed by atoms with E-state index in [1.165, 1.54) is 12.1 Å². The number of benzene rings is 4. The van der Waals surface area contributed by atoms with Crippen molar-refractivity contribution >= 4 is 45.6 Å². The molecule has 5 rings (SSSR count). The van der Waals surface area contributed by atoms with Crippen LogP contribution in [0.15, 0.2) is 102 Å². The Morgan fingerprint density at radius 1 is 1.00 bits per heavy atom. The van der Waals surface area contributed by atoms with Gasteiger partial charge in [0, 0.05) is 10.9 Å². The lowest BCUT2D eigenvalue weighted by atomic mass is 10.0. The summed E-state index contributed by atoms with van der Waals surface area (Å²) in [6.45, 7) is 0.265. The highest BCUT2D eigenvalue weighted by molar-refractivity contribution is 14.1. The highest BCUT2D eigenvalue weighted by Crippen LogP contribution is 2.34. The zero-order valence-corrected chi connectivity index (χ0v) is 23.1. The van der Waals surface area contributed by atoms with Gasteiger partial charge in [0.15, 0.2) is 11.5 Å². The average Bonchev–Trinajstić information content (AvgIpc) is 2.97. The van der Waals surface area contributed by atoms with Gasteiger partial charge in [-0.05, 0) is 70.1 Å². The number of carbonyl (C=O) groups is 1. The van der Waals surface area contributed by atoms with E-state index in [1.807, 2.05) is 60.7 Å². The van der Waals surface area contributed by atoms with Gasteiger partial charge >= 0.3 is 0 Å². The number of pyridine rings is 1. The van der Waals surface area contributed by atoms with E-state index in [9.17, 15) is 9.18 Å². The maximum Gasteiger partial charge on any atom is 0.272 e. The van der Waals surface area contributed by atoms with E-state index in [4.69, 9.17) is 14.5 Å². The number of para-hydroxylation sites is 1. The molecule has 1 amide bonds. The topological polar surface area (TPSA) is 72.8 Å². The molecule has 6 nitrogen and oxygen atoms in total. The third kappa shape index (κ3) is 6.23. The number of nitrogens with one attached hydrogen (secondary N) is 1. The van der Waals surface area contributed by atoms with Crippen LogP contribution in [0.5, 0.6) is 11.5 Å². The Labute approximate surface area is 238 Å². The number of aromatic nitrogens is 1. The molecule has 39 heavy (non-hydrogen) atoms. The molecule has 0 aliphatic heterocycles. The molecule has 0 bridgehead atoms. The van der Waals surface area contributed by atoms with Crippen molar-refractivity contribution in [3.05, 3.63) is 123 Å². The van der Waals surface area contributed by atoms with E-state index < -0.39 is 0 Å². The molecule has 0 fully saturated rings. The van der Waals surface area contributed by atoms with Crippen LogP contribution in [0, 0.1) is 9.39 Å². The Bertz CT molecular complexity index is 1660. The van der Waals surface area contributed by atoms with E-state index in [-0.39, 0.29) is 18.3 Å². The lowest BCUT2D eigenvalue weighted by molar-refractivity contribution is 0.0956. The third-order valence-corrected chi connectivity index (χ3v) is 6.76. The highest BCUT2D eigenvalue weighted by atomic mass is 127. The van der Waals surface area contributed by atoms with Gasteiger partial charge in [0.1, 0.15) is 12.4 Å². The van der Waals surface area contributed by atoms with Crippen LogP contribution in [-0.2, 0) is 6.61 Å². The molecule has 5 aromatic rings. The molecule has 8 heteroatoms.